The molecular formula is C18H19N3O4. The molecule has 1 aromatic carbocycles. The van der Waals surface area contributed by atoms with Crippen molar-refractivity contribution in [2.75, 3.05) is 13.1 Å². The summed E-state index contributed by atoms with van der Waals surface area (Å²) in [5, 5.41) is 13.0. The highest BCUT2D eigenvalue weighted by Gasteiger charge is 2.50. The van der Waals surface area contributed by atoms with Crippen LogP contribution in [0, 0.1) is 11.8 Å². The van der Waals surface area contributed by atoms with Crippen LogP contribution >= 0.6 is 0 Å². The zero-order chi connectivity index (χ0) is 17.4. The van der Waals surface area contributed by atoms with Crippen LogP contribution in [0.25, 0.3) is 11.4 Å². The third-order valence-electron chi connectivity index (χ3n) is 5.05. The Kier molecular flexibility index (Phi) is 3.99. The minimum Gasteiger partial charge on any atom is -0.481 e. The average Bonchev–Trinajstić information content (AvgIpc) is 3.31. The molecule has 2 aromatic rings. The monoisotopic (exact) mass is 341 g/mol. The summed E-state index contributed by atoms with van der Waals surface area (Å²) in [5.41, 5.74) is 0.915. The number of carboxylic acid groups (broad SMARTS) is 1. The van der Waals surface area contributed by atoms with Gasteiger partial charge in [-0.15, -0.1) is 0 Å². The maximum atomic E-state index is 12.3. The van der Waals surface area contributed by atoms with Crippen molar-refractivity contribution in [3.8, 4) is 11.4 Å². The molecular weight excluding hydrogens is 322 g/mol. The van der Waals surface area contributed by atoms with Crippen LogP contribution in [-0.2, 0) is 9.59 Å². The van der Waals surface area contributed by atoms with Gasteiger partial charge < -0.3 is 14.5 Å². The summed E-state index contributed by atoms with van der Waals surface area (Å²) in [4.78, 5) is 29.5. The Balaban J connectivity index is 1.36. The fraction of sp³-hybridized carbons (Fsp3) is 0.444. The van der Waals surface area contributed by atoms with Crippen LogP contribution in [0.15, 0.2) is 34.9 Å². The van der Waals surface area contributed by atoms with Crippen molar-refractivity contribution in [2.45, 2.75) is 25.2 Å². The predicted molar refractivity (Wildman–Crippen MR) is 87.5 cm³/mol. The first kappa shape index (κ1) is 15.8. The minimum atomic E-state index is -0.868. The molecule has 1 amide bonds. The van der Waals surface area contributed by atoms with E-state index < -0.39 is 11.9 Å². The first-order valence-electron chi connectivity index (χ1n) is 8.54. The smallest absolute Gasteiger partial charge is 0.307 e. The van der Waals surface area contributed by atoms with Crippen molar-refractivity contribution >= 4 is 11.9 Å². The van der Waals surface area contributed by atoms with Gasteiger partial charge in [-0.25, -0.2) is 0 Å². The van der Waals surface area contributed by atoms with E-state index >= 15 is 0 Å². The maximum Gasteiger partial charge on any atom is 0.307 e. The molecule has 7 nitrogen and oxygen atoms in total. The van der Waals surface area contributed by atoms with Gasteiger partial charge in [-0.05, 0) is 19.3 Å². The Bertz CT molecular complexity index is 781. The lowest BCUT2D eigenvalue weighted by Crippen LogP contribution is -2.39. The van der Waals surface area contributed by atoms with Crippen molar-refractivity contribution in [1.29, 1.82) is 0 Å². The highest BCUT2D eigenvalue weighted by molar-refractivity contribution is 5.89. The Hall–Kier alpha value is -2.70. The van der Waals surface area contributed by atoms with Crippen LogP contribution in [-0.4, -0.2) is 45.1 Å². The number of aromatic nitrogens is 2. The number of likely N-dealkylation sites (tertiary alicyclic amines) is 1. The third-order valence-corrected chi connectivity index (χ3v) is 5.05. The van der Waals surface area contributed by atoms with Gasteiger partial charge in [0.15, 0.2) is 0 Å². The molecule has 1 saturated heterocycles. The normalized spacial score (nSPS) is 23.4. The predicted octanol–water partition coefficient (Wildman–Crippen LogP) is 2.16. The maximum absolute atomic E-state index is 12.3. The molecule has 0 radical (unpaired) electrons. The molecule has 0 bridgehead atoms. The van der Waals surface area contributed by atoms with E-state index in [9.17, 15) is 9.59 Å². The van der Waals surface area contributed by atoms with Gasteiger partial charge in [0, 0.05) is 24.6 Å². The molecule has 1 aromatic heterocycles. The van der Waals surface area contributed by atoms with Crippen molar-refractivity contribution in [2.24, 2.45) is 11.8 Å². The van der Waals surface area contributed by atoms with E-state index in [1.54, 1.807) is 4.90 Å². The molecule has 2 atom stereocenters. The SMILES string of the molecule is O=C(O)[C@H]1C[C@H]1C(=O)N1CCC(c2nc(-c3ccccc3)no2)CC1. The van der Waals surface area contributed by atoms with Crippen molar-refractivity contribution in [1.82, 2.24) is 15.0 Å². The van der Waals surface area contributed by atoms with Crippen molar-refractivity contribution < 1.29 is 19.2 Å². The summed E-state index contributed by atoms with van der Waals surface area (Å²) < 4.78 is 5.42. The molecule has 1 aliphatic heterocycles. The number of benzene rings is 1. The van der Waals surface area contributed by atoms with Gasteiger partial charge in [-0.3, -0.25) is 9.59 Å². The lowest BCUT2D eigenvalue weighted by Gasteiger charge is -2.30. The summed E-state index contributed by atoms with van der Waals surface area (Å²) in [5.74, 6) is -0.383. The summed E-state index contributed by atoms with van der Waals surface area (Å²) >= 11 is 0. The van der Waals surface area contributed by atoms with E-state index in [-0.39, 0.29) is 17.7 Å². The van der Waals surface area contributed by atoms with Gasteiger partial charge in [0.1, 0.15) is 0 Å². The van der Waals surface area contributed by atoms with E-state index in [0.717, 1.165) is 18.4 Å². The number of carbonyl (C=O) groups is 2. The first-order valence-corrected chi connectivity index (χ1v) is 8.54. The van der Waals surface area contributed by atoms with Crippen molar-refractivity contribution in [3.63, 3.8) is 0 Å². The number of piperidine rings is 1. The zero-order valence-electron chi connectivity index (χ0n) is 13.7. The molecule has 0 unspecified atom stereocenters. The van der Waals surface area contributed by atoms with Crippen LogP contribution in [0.2, 0.25) is 0 Å². The van der Waals surface area contributed by atoms with Crippen molar-refractivity contribution in [3.05, 3.63) is 36.2 Å². The average molecular weight is 341 g/mol. The second kappa shape index (κ2) is 6.31. The van der Waals surface area contributed by atoms with Crippen LogP contribution in [0.5, 0.6) is 0 Å². The lowest BCUT2D eigenvalue weighted by molar-refractivity contribution is -0.142. The minimum absolute atomic E-state index is 0.0265. The van der Waals surface area contributed by atoms with E-state index in [4.69, 9.17) is 9.63 Å². The van der Waals surface area contributed by atoms with E-state index in [0.29, 0.717) is 31.2 Å². The molecule has 0 spiro atoms. The molecule has 2 heterocycles. The van der Waals surface area contributed by atoms with E-state index in [1.165, 1.54) is 0 Å². The molecule has 1 N–H and O–H groups in total. The summed E-state index contributed by atoms with van der Waals surface area (Å²) in [6, 6.07) is 9.66. The standard InChI is InChI=1S/C18H19N3O4/c22-17(13-10-14(13)18(23)24)21-8-6-12(7-9-21)16-19-15(20-25-16)11-4-2-1-3-5-11/h1-5,12-14H,6-10H2,(H,23,24)/t13-,14+/m1/s1. The molecule has 7 heteroatoms. The Morgan fingerprint density at radius 2 is 1.84 bits per heavy atom. The zero-order valence-corrected chi connectivity index (χ0v) is 13.7. The second-order valence-electron chi connectivity index (χ2n) is 6.71. The highest BCUT2D eigenvalue weighted by atomic mass is 16.5. The van der Waals surface area contributed by atoms with Gasteiger partial charge in [-0.1, -0.05) is 35.5 Å². The number of hydrogen-bond acceptors (Lipinski definition) is 5. The fourth-order valence-electron chi connectivity index (χ4n) is 3.43. The third kappa shape index (κ3) is 3.14. The summed E-state index contributed by atoms with van der Waals surface area (Å²) in [6.07, 6.45) is 1.98. The van der Waals surface area contributed by atoms with Gasteiger partial charge in [0.25, 0.3) is 0 Å². The van der Waals surface area contributed by atoms with Crippen LogP contribution in [0.3, 0.4) is 0 Å². The number of nitrogens with zero attached hydrogens (tertiary/aromatic N) is 3. The van der Waals surface area contributed by atoms with Gasteiger partial charge in [-0.2, -0.15) is 4.98 Å². The number of aliphatic carboxylic acids is 1. The van der Waals surface area contributed by atoms with Crippen LogP contribution in [0.1, 0.15) is 31.1 Å². The topological polar surface area (TPSA) is 96.5 Å². The Morgan fingerprint density at radius 1 is 1.12 bits per heavy atom. The van der Waals surface area contributed by atoms with E-state index in [1.807, 2.05) is 30.3 Å². The van der Waals surface area contributed by atoms with Crippen LogP contribution < -0.4 is 0 Å². The molecule has 2 aliphatic rings. The molecule has 1 aliphatic carbocycles. The largest absolute Gasteiger partial charge is 0.481 e. The Labute approximate surface area is 144 Å². The lowest BCUT2D eigenvalue weighted by atomic mass is 9.96. The first-order chi connectivity index (χ1) is 12.1. The van der Waals surface area contributed by atoms with Crippen LogP contribution in [0.4, 0.5) is 0 Å². The number of carboxylic acids is 1. The number of carbonyl (C=O) groups excluding carboxylic acids is 1. The second-order valence-corrected chi connectivity index (χ2v) is 6.71. The molecule has 4 rings (SSSR count). The quantitative estimate of drug-likeness (QED) is 0.915. The number of rotatable bonds is 4. The van der Waals surface area contributed by atoms with E-state index in [2.05, 4.69) is 10.1 Å². The molecule has 130 valence electrons. The number of amides is 1. The van der Waals surface area contributed by atoms with Gasteiger partial charge in [0.05, 0.1) is 11.8 Å². The number of hydrogen-bond donors (Lipinski definition) is 1. The highest BCUT2D eigenvalue weighted by Crippen LogP contribution is 2.41. The summed E-state index contributed by atoms with van der Waals surface area (Å²) in [6.45, 7) is 1.21. The van der Waals surface area contributed by atoms with Gasteiger partial charge in [0.2, 0.25) is 17.6 Å². The molecule has 1 saturated carbocycles. The summed E-state index contributed by atoms with van der Waals surface area (Å²) in [7, 11) is 0. The van der Waals surface area contributed by atoms with Gasteiger partial charge >= 0.3 is 5.97 Å². The Morgan fingerprint density at radius 3 is 2.48 bits per heavy atom. The molecule has 2 fully saturated rings. The molecule has 25 heavy (non-hydrogen) atoms. The fourth-order valence-corrected chi connectivity index (χ4v) is 3.43.